The van der Waals surface area contributed by atoms with E-state index < -0.39 is 28.3 Å². The molecule has 0 radical (unpaired) electrons. The molecule has 0 amide bonds. The van der Waals surface area contributed by atoms with E-state index in [1.807, 2.05) is 13.8 Å². The Kier molecular flexibility index (Phi) is 5.48. The Balaban J connectivity index is 0.00000137. The smallest absolute Gasteiger partial charge is 0.417 e. The fourth-order valence-electron chi connectivity index (χ4n) is 1.19. The van der Waals surface area contributed by atoms with Gasteiger partial charge in [-0.25, -0.2) is 4.79 Å². The third kappa shape index (κ3) is 3.29. The minimum atomic E-state index is -4.71. The van der Waals surface area contributed by atoms with Crippen LogP contribution in [0.2, 0.25) is 5.02 Å². The molecule has 18 heavy (non-hydrogen) atoms. The molecule has 0 atom stereocenters. The van der Waals surface area contributed by atoms with Gasteiger partial charge in [0.1, 0.15) is 0 Å². The summed E-state index contributed by atoms with van der Waals surface area (Å²) >= 11 is 5.47. The molecule has 0 heterocycles. The van der Waals surface area contributed by atoms with E-state index >= 15 is 0 Å². The average Bonchev–Trinajstić information content (AvgIpc) is 2.26. The number of nitrogens with two attached hydrogens (primary N) is 1. The van der Waals surface area contributed by atoms with Gasteiger partial charge in [-0.15, -0.1) is 0 Å². The van der Waals surface area contributed by atoms with E-state index in [0.717, 1.165) is 0 Å². The zero-order valence-corrected chi connectivity index (χ0v) is 10.8. The number of aromatic carboxylic acids is 1. The standard InChI is InChI=1S/C9H7ClF3NO2.C2H6/c1-3-6(10)5(9(11,12)13)2-4(7(3)14)8(15)16;1-2/h2H,14H2,1H3,(H,15,16);1-2H3. The van der Waals surface area contributed by atoms with Crippen molar-refractivity contribution in [3.8, 4) is 0 Å². The van der Waals surface area contributed by atoms with Crippen LogP contribution in [0, 0.1) is 6.92 Å². The first-order valence-electron chi connectivity index (χ1n) is 5.05. The van der Waals surface area contributed by atoms with Crippen molar-refractivity contribution in [2.75, 3.05) is 5.73 Å². The van der Waals surface area contributed by atoms with Gasteiger partial charge < -0.3 is 10.8 Å². The third-order valence-corrected chi connectivity index (χ3v) is 2.57. The minimum Gasteiger partial charge on any atom is -0.478 e. The van der Waals surface area contributed by atoms with Gasteiger partial charge in [0.2, 0.25) is 0 Å². The molecule has 0 aliphatic heterocycles. The number of anilines is 1. The first-order valence-corrected chi connectivity index (χ1v) is 5.43. The molecule has 0 aliphatic carbocycles. The molecule has 0 spiro atoms. The molecule has 0 saturated carbocycles. The highest BCUT2D eigenvalue weighted by molar-refractivity contribution is 6.32. The molecule has 7 heteroatoms. The molecule has 1 aromatic rings. The third-order valence-electron chi connectivity index (χ3n) is 2.08. The first kappa shape index (κ1) is 16.6. The quantitative estimate of drug-likeness (QED) is 0.766. The van der Waals surface area contributed by atoms with Gasteiger partial charge in [0.05, 0.1) is 21.8 Å². The summed E-state index contributed by atoms with van der Waals surface area (Å²) in [4.78, 5) is 10.7. The molecule has 3 nitrogen and oxygen atoms in total. The summed E-state index contributed by atoms with van der Waals surface area (Å²) in [5.41, 5.74) is 3.22. The van der Waals surface area contributed by atoms with Gasteiger partial charge in [-0.3, -0.25) is 0 Å². The minimum absolute atomic E-state index is 0.0890. The van der Waals surface area contributed by atoms with Gasteiger partial charge in [-0.05, 0) is 18.6 Å². The molecule has 0 unspecified atom stereocenters. The highest BCUT2D eigenvalue weighted by atomic mass is 35.5. The zero-order valence-electron chi connectivity index (χ0n) is 10.0. The van der Waals surface area contributed by atoms with Crippen molar-refractivity contribution in [1.82, 2.24) is 0 Å². The van der Waals surface area contributed by atoms with Crippen molar-refractivity contribution in [2.45, 2.75) is 26.9 Å². The fraction of sp³-hybridized carbons (Fsp3) is 0.364. The summed E-state index contributed by atoms with van der Waals surface area (Å²) in [6.45, 7) is 5.24. The van der Waals surface area contributed by atoms with E-state index in [1.54, 1.807) is 0 Å². The van der Waals surface area contributed by atoms with Crippen LogP contribution >= 0.6 is 11.6 Å². The van der Waals surface area contributed by atoms with Gasteiger partial charge in [-0.1, -0.05) is 25.4 Å². The Labute approximate surface area is 107 Å². The maximum absolute atomic E-state index is 12.5. The van der Waals surface area contributed by atoms with Gasteiger partial charge in [0, 0.05) is 0 Å². The Hall–Kier alpha value is -1.43. The normalized spacial score (nSPS) is 10.6. The highest BCUT2D eigenvalue weighted by Gasteiger charge is 2.35. The van der Waals surface area contributed by atoms with Crippen molar-refractivity contribution >= 4 is 23.3 Å². The van der Waals surface area contributed by atoms with Gasteiger partial charge in [-0.2, -0.15) is 13.2 Å². The van der Waals surface area contributed by atoms with Crippen LogP contribution in [0.25, 0.3) is 0 Å². The van der Waals surface area contributed by atoms with Crippen molar-refractivity contribution in [3.63, 3.8) is 0 Å². The summed E-state index contributed by atoms with van der Waals surface area (Å²) in [5.74, 6) is -1.53. The Bertz CT molecular complexity index is 459. The number of rotatable bonds is 1. The molecule has 0 bridgehead atoms. The molecular weight excluding hydrogens is 271 g/mol. The van der Waals surface area contributed by atoms with Gasteiger partial charge in [0.25, 0.3) is 0 Å². The molecule has 102 valence electrons. The maximum atomic E-state index is 12.5. The van der Waals surface area contributed by atoms with Crippen LogP contribution in [-0.4, -0.2) is 11.1 Å². The molecule has 1 rings (SSSR count). The number of nitrogen functional groups attached to an aromatic ring is 1. The molecule has 1 aromatic carbocycles. The monoisotopic (exact) mass is 283 g/mol. The van der Waals surface area contributed by atoms with Crippen LogP contribution in [0.3, 0.4) is 0 Å². The summed E-state index contributed by atoms with van der Waals surface area (Å²) < 4.78 is 37.5. The maximum Gasteiger partial charge on any atom is 0.417 e. The van der Waals surface area contributed by atoms with Crippen LogP contribution in [0.1, 0.15) is 35.3 Å². The van der Waals surface area contributed by atoms with Crippen molar-refractivity contribution < 1.29 is 23.1 Å². The van der Waals surface area contributed by atoms with Crippen molar-refractivity contribution in [2.24, 2.45) is 0 Å². The lowest BCUT2D eigenvalue weighted by Gasteiger charge is -2.14. The van der Waals surface area contributed by atoms with Crippen LogP contribution in [0.15, 0.2) is 6.07 Å². The molecule has 0 aromatic heterocycles. The fourth-order valence-corrected chi connectivity index (χ4v) is 1.45. The lowest BCUT2D eigenvalue weighted by Crippen LogP contribution is -2.12. The SMILES string of the molecule is CC.Cc1c(N)c(C(=O)O)cc(C(F)(F)F)c1Cl. The first-order chi connectivity index (χ1) is 8.16. The number of carboxylic acids is 1. The number of hydrogen-bond donors (Lipinski definition) is 2. The van der Waals surface area contributed by atoms with Crippen molar-refractivity contribution in [1.29, 1.82) is 0 Å². The predicted molar refractivity (Wildman–Crippen MR) is 63.9 cm³/mol. The van der Waals surface area contributed by atoms with E-state index in [2.05, 4.69) is 0 Å². The zero-order chi connectivity index (χ0) is 14.7. The summed E-state index contributed by atoms with van der Waals surface area (Å²) in [7, 11) is 0. The van der Waals surface area contributed by atoms with E-state index in [9.17, 15) is 18.0 Å². The predicted octanol–water partition coefficient (Wildman–Crippen LogP) is 3.97. The molecular formula is C11H13ClF3NO2. The largest absolute Gasteiger partial charge is 0.478 e. The number of carbonyl (C=O) groups is 1. The average molecular weight is 284 g/mol. The van der Waals surface area contributed by atoms with E-state index in [4.69, 9.17) is 22.4 Å². The van der Waals surface area contributed by atoms with Gasteiger partial charge in [0.15, 0.2) is 0 Å². The van der Waals surface area contributed by atoms with Crippen LogP contribution < -0.4 is 5.73 Å². The Morgan fingerprint density at radius 3 is 2.17 bits per heavy atom. The van der Waals surface area contributed by atoms with Crippen LogP contribution in [-0.2, 0) is 6.18 Å². The van der Waals surface area contributed by atoms with E-state index in [-0.39, 0.29) is 11.3 Å². The lowest BCUT2D eigenvalue weighted by molar-refractivity contribution is -0.137. The number of alkyl halides is 3. The van der Waals surface area contributed by atoms with Crippen LogP contribution in [0.4, 0.5) is 18.9 Å². The van der Waals surface area contributed by atoms with Crippen LogP contribution in [0.5, 0.6) is 0 Å². The number of hydrogen-bond acceptors (Lipinski definition) is 2. The summed E-state index contributed by atoms with van der Waals surface area (Å²) in [5, 5.41) is 8.11. The Morgan fingerprint density at radius 2 is 1.83 bits per heavy atom. The Morgan fingerprint density at radius 1 is 1.39 bits per heavy atom. The lowest BCUT2D eigenvalue weighted by atomic mass is 10.0. The van der Waals surface area contributed by atoms with E-state index in [0.29, 0.717) is 6.07 Å². The molecule has 0 fully saturated rings. The highest BCUT2D eigenvalue weighted by Crippen LogP contribution is 2.39. The van der Waals surface area contributed by atoms with E-state index in [1.165, 1.54) is 6.92 Å². The topological polar surface area (TPSA) is 63.3 Å². The molecule has 3 N–H and O–H groups in total. The molecule has 0 aliphatic rings. The van der Waals surface area contributed by atoms with Crippen molar-refractivity contribution in [3.05, 3.63) is 27.8 Å². The number of halogens is 4. The second-order valence-corrected chi connectivity index (χ2v) is 3.51. The summed E-state index contributed by atoms with van der Waals surface area (Å²) in [6, 6.07) is 0.438. The molecule has 0 saturated heterocycles. The number of carboxylic acid groups (broad SMARTS) is 1. The van der Waals surface area contributed by atoms with Gasteiger partial charge >= 0.3 is 12.1 Å². The second kappa shape index (κ2) is 5.95. The number of benzene rings is 1. The summed E-state index contributed by atoms with van der Waals surface area (Å²) in [6.07, 6.45) is -4.71. The second-order valence-electron chi connectivity index (χ2n) is 3.13.